The summed E-state index contributed by atoms with van der Waals surface area (Å²) in [6, 6.07) is 6.50. The average Bonchev–Trinajstić information content (AvgIpc) is 2.18. The van der Waals surface area contributed by atoms with Gasteiger partial charge in [-0.05, 0) is 6.92 Å². The Morgan fingerprint density at radius 2 is 1.79 bits per heavy atom. The van der Waals surface area contributed by atoms with Crippen molar-refractivity contribution in [3.8, 4) is 0 Å². The minimum absolute atomic E-state index is 0.166. The van der Waals surface area contributed by atoms with Gasteiger partial charge in [-0.15, -0.1) is 0 Å². The predicted molar refractivity (Wildman–Crippen MR) is 52.5 cm³/mol. The smallest absolute Gasteiger partial charge is 0.189 e. The van der Waals surface area contributed by atoms with Gasteiger partial charge in [-0.25, -0.2) is 0 Å². The first-order valence-electron chi connectivity index (χ1n) is 4.12. The van der Waals surface area contributed by atoms with E-state index in [1.54, 1.807) is 24.3 Å². The Hall–Kier alpha value is -1.90. The summed E-state index contributed by atoms with van der Waals surface area (Å²) in [7, 11) is 0. The molecule has 1 aromatic carbocycles. The highest BCUT2D eigenvalue weighted by Crippen LogP contribution is 2.10. The molecule has 1 rings (SSSR count). The Balaban J connectivity index is 3.20. The van der Waals surface area contributed by atoms with Crippen LogP contribution in [-0.4, -0.2) is 16.7 Å². The Bertz CT molecular complexity index is 391. The Morgan fingerprint density at radius 1 is 1.21 bits per heavy atom. The standard InChI is InChI=1S/C11H10O3/c1-8(13)9-4-2-3-5-10(9)11(14)6-7-12/h2-7,12H,1H3/b7-6+. The van der Waals surface area contributed by atoms with Crippen LogP contribution in [0.15, 0.2) is 36.6 Å². The molecule has 0 atom stereocenters. The van der Waals surface area contributed by atoms with Crippen LogP contribution in [0.5, 0.6) is 0 Å². The van der Waals surface area contributed by atoms with E-state index in [0.717, 1.165) is 6.08 Å². The molecular weight excluding hydrogens is 180 g/mol. The van der Waals surface area contributed by atoms with Gasteiger partial charge in [0.1, 0.15) is 0 Å². The summed E-state index contributed by atoms with van der Waals surface area (Å²) >= 11 is 0. The summed E-state index contributed by atoms with van der Waals surface area (Å²) in [5.41, 5.74) is 0.681. The van der Waals surface area contributed by atoms with Crippen molar-refractivity contribution in [2.75, 3.05) is 0 Å². The summed E-state index contributed by atoms with van der Waals surface area (Å²) < 4.78 is 0. The molecule has 3 heteroatoms. The number of carbonyl (C=O) groups is 2. The lowest BCUT2D eigenvalue weighted by Crippen LogP contribution is -2.04. The van der Waals surface area contributed by atoms with Gasteiger partial charge in [-0.1, -0.05) is 24.3 Å². The van der Waals surface area contributed by atoms with Crippen molar-refractivity contribution < 1.29 is 14.7 Å². The van der Waals surface area contributed by atoms with Crippen molar-refractivity contribution in [1.82, 2.24) is 0 Å². The van der Waals surface area contributed by atoms with Gasteiger partial charge in [0, 0.05) is 17.2 Å². The molecule has 0 spiro atoms. The Morgan fingerprint density at radius 3 is 2.29 bits per heavy atom. The number of hydrogen-bond donors (Lipinski definition) is 1. The van der Waals surface area contributed by atoms with Crippen LogP contribution < -0.4 is 0 Å². The molecule has 0 saturated carbocycles. The highest BCUT2D eigenvalue weighted by Gasteiger charge is 2.10. The number of allylic oxidation sites excluding steroid dienone is 1. The normalized spacial score (nSPS) is 10.4. The summed E-state index contributed by atoms with van der Waals surface area (Å²) in [6.07, 6.45) is 1.68. The van der Waals surface area contributed by atoms with E-state index in [2.05, 4.69) is 0 Å². The van der Waals surface area contributed by atoms with Crippen molar-refractivity contribution in [3.05, 3.63) is 47.7 Å². The second kappa shape index (κ2) is 4.37. The van der Waals surface area contributed by atoms with Crippen LogP contribution >= 0.6 is 0 Å². The molecule has 0 saturated heterocycles. The highest BCUT2D eigenvalue weighted by molar-refractivity contribution is 6.12. The van der Waals surface area contributed by atoms with Gasteiger partial charge >= 0.3 is 0 Å². The van der Waals surface area contributed by atoms with Gasteiger partial charge in [0.2, 0.25) is 0 Å². The maximum absolute atomic E-state index is 11.4. The molecule has 72 valence electrons. The third-order valence-corrected chi connectivity index (χ3v) is 1.80. The second-order valence-corrected chi connectivity index (χ2v) is 2.78. The number of carbonyl (C=O) groups excluding carboxylic acids is 2. The van der Waals surface area contributed by atoms with Crippen LogP contribution in [0.1, 0.15) is 27.6 Å². The minimum Gasteiger partial charge on any atom is -0.515 e. The van der Waals surface area contributed by atoms with E-state index in [-0.39, 0.29) is 11.6 Å². The molecule has 1 aromatic rings. The number of benzene rings is 1. The van der Waals surface area contributed by atoms with Crippen LogP contribution in [0, 0.1) is 0 Å². The van der Waals surface area contributed by atoms with Gasteiger partial charge in [-0.3, -0.25) is 9.59 Å². The van der Waals surface area contributed by atoms with Crippen LogP contribution in [0.2, 0.25) is 0 Å². The van der Waals surface area contributed by atoms with E-state index in [1.807, 2.05) is 0 Å². The molecule has 14 heavy (non-hydrogen) atoms. The van der Waals surface area contributed by atoms with E-state index in [0.29, 0.717) is 17.4 Å². The molecular formula is C11H10O3. The number of Topliss-reactive ketones (excluding diaryl/α,β-unsaturated/α-hetero) is 1. The largest absolute Gasteiger partial charge is 0.515 e. The molecule has 0 aliphatic heterocycles. The first-order valence-corrected chi connectivity index (χ1v) is 4.12. The lowest BCUT2D eigenvalue weighted by molar-refractivity contribution is 0.0992. The quantitative estimate of drug-likeness (QED) is 0.451. The topological polar surface area (TPSA) is 54.4 Å². The minimum atomic E-state index is -0.377. The fraction of sp³-hybridized carbons (Fsp3) is 0.0909. The summed E-state index contributed by atoms with van der Waals surface area (Å²) in [5.74, 6) is -0.543. The molecule has 0 aliphatic carbocycles. The zero-order valence-corrected chi connectivity index (χ0v) is 7.73. The monoisotopic (exact) mass is 190 g/mol. The first-order chi connectivity index (χ1) is 6.66. The van der Waals surface area contributed by atoms with E-state index < -0.39 is 0 Å². The third-order valence-electron chi connectivity index (χ3n) is 1.80. The van der Waals surface area contributed by atoms with Crippen molar-refractivity contribution in [2.24, 2.45) is 0 Å². The second-order valence-electron chi connectivity index (χ2n) is 2.78. The number of aliphatic hydroxyl groups is 1. The van der Waals surface area contributed by atoms with Crippen molar-refractivity contribution in [3.63, 3.8) is 0 Å². The lowest BCUT2D eigenvalue weighted by Gasteiger charge is -2.01. The van der Waals surface area contributed by atoms with E-state index in [9.17, 15) is 9.59 Å². The molecule has 0 aliphatic rings. The fourth-order valence-electron chi connectivity index (χ4n) is 1.16. The van der Waals surface area contributed by atoms with Crippen molar-refractivity contribution in [2.45, 2.75) is 6.92 Å². The first kappa shape index (κ1) is 10.2. The number of ketones is 2. The Kier molecular flexibility index (Phi) is 3.18. The highest BCUT2D eigenvalue weighted by atomic mass is 16.2. The van der Waals surface area contributed by atoms with Crippen LogP contribution in [0.4, 0.5) is 0 Å². The molecule has 1 N–H and O–H groups in total. The molecule has 0 radical (unpaired) electrons. The average molecular weight is 190 g/mol. The molecule has 0 amide bonds. The lowest BCUT2D eigenvalue weighted by atomic mass is 10.0. The van der Waals surface area contributed by atoms with Gasteiger partial charge < -0.3 is 5.11 Å². The molecule has 0 heterocycles. The third kappa shape index (κ3) is 2.07. The van der Waals surface area contributed by atoms with Crippen LogP contribution in [0.3, 0.4) is 0 Å². The number of aliphatic hydroxyl groups excluding tert-OH is 1. The van der Waals surface area contributed by atoms with Gasteiger partial charge in [0.15, 0.2) is 11.6 Å². The summed E-state index contributed by atoms with van der Waals surface area (Å²) in [4.78, 5) is 22.5. The molecule has 0 unspecified atom stereocenters. The maximum Gasteiger partial charge on any atom is 0.189 e. The molecule has 3 nitrogen and oxygen atoms in total. The molecule has 0 fully saturated rings. The van der Waals surface area contributed by atoms with Gasteiger partial charge in [0.05, 0.1) is 6.26 Å². The van der Waals surface area contributed by atoms with Crippen LogP contribution in [0.25, 0.3) is 0 Å². The number of hydrogen-bond acceptors (Lipinski definition) is 3. The summed E-state index contributed by atoms with van der Waals surface area (Å²) in [6.45, 7) is 1.40. The maximum atomic E-state index is 11.4. The number of rotatable bonds is 3. The molecule has 0 bridgehead atoms. The van der Waals surface area contributed by atoms with E-state index in [1.165, 1.54) is 6.92 Å². The zero-order chi connectivity index (χ0) is 10.6. The Labute approximate surface area is 81.7 Å². The van der Waals surface area contributed by atoms with Crippen LogP contribution in [-0.2, 0) is 0 Å². The SMILES string of the molecule is CC(=O)c1ccccc1C(=O)/C=C/O. The van der Waals surface area contributed by atoms with Crippen molar-refractivity contribution >= 4 is 11.6 Å². The predicted octanol–water partition coefficient (Wildman–Crippen LogP) is 2.14. The van der Waals surface area contributed by atoms with E-state index >= 15 is 0 Å². The van der Waals surface area contributed by atoms with Gasteiger partial charge in [-0.2, -0.15) is 0 Å². The summed E-state index contributed by atoms with van der Waals surface area (Å²) in [5, 5.41) is 8.44. The van der Waals surface area contributed by atoms with Gasteiger partial charge in [0.25, 0.3) is 0 Å². The fourth-order valence-corrected chi connectivity index (χ4v) is 1.16. The van der Waals surface area contributed by atoms with Crippen molar-refractivity contribution in [1.29, 1.82) is 0 Å². The molecule has 0 aromatic heterocycles. The van der Waals surface area contributed by atoms with E-state index in [4.69, 9.17) is 5.11 Å². The zero-order valence-electron chi connectivity index (χ0n) is 7.73.